The standard InChI is InChI=1S/C28H38N6O7/c29-13-5-4-8-21(28(40)41)32-26(38)23(14-17-6-2-1-3-7-17)34-27(39)22(15-18-9-11-19(35)12-10-18)33-25(37)20(30)16-24(31)36/h1-3,6-7,9-12,20-23,35H,4-5,8,13-16,29-30H2,(H2,31,36)(H,32,38)(H,33,37)(H,34,39)(H,40,41). The molecule has 13 heteroatoms. The van der Waals surface area contributed by atoms with Gasteiger partial charge in [0.2, 0.25) is 23.6 Å². The molecule has 41 heavy (non-hydrogen) atoms. The Hall–Kier alpha value is -4.49. The molecule has 13 nitrogen and oxygen atoms in total. The van der Waals surface area contributed by atoms with Gasteiger partial charge in [-0.1, -0.05) is 42.5 Å². The van der Waals surface area contributed by atoms with Gasteiger partial charge in [0, 0.05) is 12.8 Å². The van der Waals surface area contributed by atoms with Crippen LogP contribution in [0.4, 0.5) is 0 Å². The first-order chi connectivity index (χ1) is 19.5. The molecule has 0 heterocycles. The highest BCUT2D eigenvalue weighted by Gasteiger charge is 2.31. The molecule has 0 aliphatic heterocycles. The van der Waals surface area contributed by atoms with Crippen molar-refractivity contribution in [3.05, 3.63) is 65.7 Å². The van der Waals surface area contributed by atoms with E-state index in [0.717, 1.165) is 0 Å². The predicted octanol–water partition coefficient (Wildman–Crippen LogP) is -0.952. The largest absolute Gasteiger partial charge is 0.508 e. The number of rotatable bonds is 17. The van der Waals surface area contributed by atoms with Crippen LogP contribution in [-0.4, -0.2) is 70.5 Å². The maximum absolute atomic E-state index is 13.5. The van der Waals surface area contributed by atoms with Gasteiger partial charge >= 0.3 is 5.97 Å². The number of carbonyl (C=O) groups is 5. The van der Waals surface area contributed by atoms with E-state index in [1.165, 1.54) is 12.1 Å². The van der Waals surface area contributed by atoms with Crippen molar-refractivity contribution in [1.82, 2.24) is 16.0 Å². The third-order valence-electron chi connectivity index (χ3n) is 6.24. The number of nitrogens with two attached hydrogens (primary N) is 3. The van der Waals surface area contributed by atoms with Crippen molar-refractivity contribution in [2.24, 2.45) is 17.2 Å². The van der Waals surface area contributed by atoms with E-state index in [2.05, 4.69) is 16.0 Å². The molecule has 222 valence electrons. The highest BCUT2D eigenvalue weighted by Crippen LogP contribution is 2.13. The molecule has 2 aromatic rings. The Morgan fingerprint density at radius 1 is 0.732 bits per heavy atom. The van der Waals surface area contributed by atoms with Crippen molar-refractivity contribution >= 4 is 29.6 Å². The molecule has 0 aliphatic carbocycles. The molecule has 4 amide bonds. The minimum absolute atomic E-state index is 0.00121. The summed E-state index contributed by atoms with van der Waals surface area (Å²) in [5, 5.41) is 26.8. The SMILES string of the molecule is NCCCCC(NC(=O)C(Cc1ccccc1)NC(=O)C(Cc1ccc(O)cc1)NC(=O)C(N)CC(N)=O)C(=O)O. The van der Waals surface area contributed by atoms with Crippen molar-refractivity contribution in [2.45, 2.75) is 62.7 Å². The molecular weight excluding hydrogens is 532 g/mol. The number of carboxylic acids is 1. The van der Waals surface area contributed by atoms with Gasteiger partial charge in [0.15, 0.2) is 0 Å². The number of primary amides is 1. The van der Waals surface area contributed by atoms with Crippen LogP contribution in [0.2, 0.25) is 0 Å². The number of carboxylic acid groups (broad SMARTS) is 1. The quantitative estimate of drug-likeness (QED) is 0.109. The van der Waals surface area contributed by atoms with Gasteiger partial charge in [0.05, 0.1) is 12.5 Å². The fraction of sp³-hybridized carbons (Fsp3) is 0.393. The van der Waals surface area contributed by atoms with Crippen LogP contribution in [0.5, 0.6) is 5.75 Å². The smallest absolute Gasteiger partial charge is 0.326 e. The van der Waals surface area contributed by atoms with Crippen LogP contribution in [0.15, 0.2) is 54.6 Å². The average Bonchev–Trinajstić information content (AvgIpc) is 2.92. The van der Waals surface area contributed by atoms with Crippen molar-refractivity contribution in [3.63, 3.8) is 0 Å². The van der Waals surface area contributed by atoms with E-state index in [4.69, 9.17) is 17.2 Å². The number of aliphatic carboxylic acids is 1. The topological polar surface area (TPSA) is 240 Å². The summed E-state index contributed by atoms with van der Waals surface area (Å²) in [7, 11) is 0. The third-order valence-corrected chi connectivity index (χ3v) is 6.24. The molecule has 0 aromatic heterocycles. The highest BCUT2D eigenvalue weighted by atomic mass is 16.4. The van der Waals surface area contributed by atoms with Crippen LogP contribution < -0.4 is 33.2 Å². The molecule has 11 N–H and O–H groups in total. The van der Waals surface area contributed by atoms with Gasteiger partial charge in [-0.3, -0.25) is 19.2 Å². The van der Waals surface area contributed by atoms with Crippen LogP contribution in [0.3, 0.4) is 0 Å². The van der Waals surface area contributed by atoms with Gasteiger partial charge in [-0.2, -0.15) is 0 Å². The average molecular weight is 571 g/mol. The first kappa shape index (κ1) is 32.7. The lowest BCUT2D eigenvalue weighted by atomic mass is 10.0. The molecule has 0 aliphatic rings. The molecule has 2 rings (SSSR count). The van der Waals surface area contributed by atoms with Crippen molar-refractivity contribution < 1.29 is 34.2 Å². The lowest BCUT2D eigenvalue weighted by Crippen LogP contribution is -2.58. The first-order valence-corrected chi connectivity index (χ1v) is 13.2. The molecule has 4 unspecified atom stereocenters. The van der Waals surface area contributed by atoms with Crippen LogP contribution >= 0.6 is 0 Å². The van der Waals surface area contributed by atoms with E-state index in [9.17, 15) is 34.2 Å². The zero-order valence-electron chi connectivity index (χ0n) is 22.6. The number of hydrogen-bond donors (Lipinski definition) is 8. The predicted molar refractivity (Wildman–Crippen MR) is 150 cm³/mol. The number of nitrogens with one attached hydrogen (secondary N) is 3. The summed E-state index contributed by atoms with van der Waals surface area (Å²) in [6.45, 7) is 0.379. The summed E-state index contributed by atoms with van der Waals surface area (Å²) in [5.41, 5.74) is 17.7. The molecule has 0 bridgehead atoms. The number of unbranched alkanes of at least 4 members (excludes halogenated alkanes) is 1. The van der Waals surface area contributed by atoms with E-state index in [1.807, 2.05) is 0 Å². The van der Waals surface area contributed by atoms with Gasteiger partial charge in [-0.15, -0.1) is 0 Å². The molecule has 4 atom stereocenters. The van der Waals surface area contributed by atoms with Gasteiger partial charge in [0.25, 0.3) is 0 Å². The maximum Gasteiger partial charge on any atom is 0.326 e. The zero-order chi connectivity index (χ0) is 30.4. The Morgan fingerprint density at radius 3 is 1.76 bits per heavy atom. The molecular formula is C28H38N6O7. The second-order valence-corrected chi connectivity index (χ2v) is 9.64. The van der Waals surface area contributed by atoms with E-state index < -0.39 is 60.2 Å². The van der Waals surface area contributed by atoms with Crippen molar-refractivity contribution in [3.8, 4) is 5.75 Å². The Bertz CT molecular complexity index is 1180. The lowest BCUT2D eigenvalue weighted by molar-refractivity contribution is -0.142. The van der Waals surface area contributed by atoms with Crippen molar-refractivity contribution in [1.29, 1.82) is 0 Å². The van der Waals surface area contributed by atoms with Crippen LogP contribution in [-0.2, 0) is 36.8 Å². The summed E-state index contributed by atoms with van der Waals surface area (Å²) >= 11 is 0. The molecule has 0 fully saturated rings. The normalized spacial score (nSPS) is 13.7. The van der Waals surface area contributed by atoms with Crippen molar-refractivity contribution in [2.75, 3.05) is 6.54 Å². The fourth-order valence-electron chi connectivity index (χ4n) is 4.02. The summed E-state index contributed by atoms with van der Waals surface area (Å²) < 4.78 is 0. The Morgan fingerprint density at radius 2 is 1.24 bits per heavy atom. The van der Waals surface area contributed by atoms with Crippen LogP contribution in [0, 0.1) is 0 Å². The molecule has 0 saturated heterocycles. The number of aromatic hydroxyl groups is 1. The summed E-state index contributed by atoms with van der Waals surface area (Å²) in [6, 6.07) is 9.79. The van der Waals surface area contributed by atoms with E-state index in [0.29, 0.717) is 30.5 Å². The van der Waals surface area contributed by atoms with Crippen LogP contribution in [0.25, 0.3) is 0 Å². The molecule has 0 spiro atoms. The zero-order valence-corrected chi connectivity index (χ0v) is 22.6. The van der Waals surface area contributed by atoms with Gasteiger partial charge < -0.3 is 43.4 Å². The Balaban J connectivity index is 2.30. The van der Waals surface area contributed by atoms with Gasteiger partial charge in [0.1, 0.15) is 23.9 Å². The van der Waals surface area contributed by atoms with E-state index in [1.54, 1.807) is 42.5 Å². The summed E-state index contributed by atoms with van der Waals surface area (Å²) in [4.78, 5) is 62.5. The maximum atomic E-state index is 13.5. The number of hydrogen-bond acceptors (Lipinski definition) is 8. The highest BCUT2D eigenvalue weighted by molar-refractivity contribution is 5.95. The molecule has 0 saturated carbocycles. The fourth-order valence-corrected chi connectivity index (χ4v) is 4.02. The first-order valence-electron chi connectivity index (χ1n) is 13.2. The summed E-state index contributed by atoms with van der Waals surface area (Å²) in [6.07, 6.45) is 0.767. The minimum Gasteiger partial charge on any atom is -0.508 e. The molecule has 2 aromatic carbocycles. The number of benzene rings is 2. The van der Waals surface area contributed by atoms with Gasteiger partial charge in [-0.05, 0) is 49.1 Å². The van der Waals surface area contributed by atoms with E-state index in [-0.39, 0.29) is 25.0 Å². The summed E-state index contributed by atoms with van der Waals surface area (Å²) in [5.74, 6) is -4.29. The van der Waals surface area contributed by atoms with Gasteiger partial charge in [-0.25, -0.2) is 4.79 Å². The Labute approximate surface area is 237 Å². The number of amides is 4. The monoisotopic (exact) mass is 570 g/mol. The van der Waals surface area contributed by atoms with Crippen LogP contribution in [0.1, 0.15) is 36.8 Å². The van der Waals surface area contributed by atoms with E-state index >= 15 is 0 Å². The molecule has 0 radical (unpaired) electrons. The Kier molecular flexibility index (Phi) is 13.2. The lowest BCUT2D eigenvalue weighted by Gasteiger charge is -2.25. The number of phenols is 1. The second-order valence-electron chi connectivity index (χ2n) is 9.64. The number of phenolic OH excluding ortho intramolecular Hbond substituents is 1. The number of carbonyl (C=O) groups excluding carboxylic acids is 4. The third kappa shape index (κ3) is 11.6. The second kappa shape index (κ2) is 16.6. The minimum atomic E-state index is -1.31.